The van der Waals surface area contributed by atoms with Gasteiger partial charge in [-0.3, -0.25) is 9.59 Å². The first-order valence-electron chi connectivity index (χ1n) is 8.15. The highest BCUT2D eigenvalue weighted by Crippen LogP contribution is 2.30. The van der Waals surface area contributed by atoms with Gasteiger partial charge in [-0.15, -0.1) is 11.3 Å². The van der Waals surface area contributed by atoms with E-state index < -0.39 is 0 Å². The molecule has 2 aromatic rings. The summed E-state index contributed by atoms with van der Waals surface area (Å²) in [6.07, 6.45) is 4.95. The van der Waals surface area contributed by atoms with E-state index in [4.69, 9.17) is 17.3 Å². The lowest BCUT2D eigenvalue weighted by molar-refractivity contribution is -0.130. The largest absolute Gasteiger partial charge is 0.369 e. The molecule has 4 nitrogen and oxygen atoms in total. The lowest BCUT2D eigenvalue weighted by atomic mass is 9.97. The number of likely N-dealkylation sites (tertiary alicyclic amines) is 1. The molecule has 0 bridgehead atoms. The highest BCUT2D eigenvalue weighted by Gasteiger charge is 2.25. The maximum atomic E-state index is 12.3. The molecule has 2 heterocycles. The lowest BCUT2D eigenvalue weighted by Crippen LogP contribution is -2.43. The molecule has 25 heavy (non-hydrogen) atoms. The van der Waals surface area contributed by atoms with Crippen molar-refractivity contribution >= 4 is 40.8 Å². The minimum absolute atomic E-state index is 0.0799. The zero-order chi connectivity index (χ0) is 17.8. The Labute approximate surface area is 155 Å². The molecule has 0 radical (unpaired) electrons. The van der Waals surface area contributed by atoms with Crippen LogP contribution in [0, 0.1) is 5.92 Å². The molecule has 1 atom stereocenters. The van der Waals surface area contributed by atoms with Crippen molar-refractivity contribution in [2.75, 3.05) is 13.1 Å². The van der Waals surface area contributed by atoms with E-state index in [0.717, 1.165) is 28.2 Å². The number of hydrogen-bond acceptors (Lipinski definition) is 3. The van der Waals surface area contributed by atoms with Crippen LogP contribution in [0.1, 0.15) is 17.7 Å². The number of amides is 2. The van der Waals surface area contributed by atoms with Crippen molar-refractivity contribution < 1.29 is 9.59 Å². The number of carbonyl (C=O) groups is 2. The number of hydrogen-bond donors (Lipinski definition) is 1. The Balaban J connectivity index is 1.66. The third-order valence-electron chi connectivity index (χ3n) is 4.26. The van der Waals surface area contributed by atoms with Crippen LogP contribution in [0.4, 0.5) is 0 Å². The Kier molecular flexibility index (Phi) is 5.56. The van der Waals surface area contributed by atoms with Gasteiger partial charge in [0.2, 0.25) is 11.8 Å². The van der Waals surface area contributed by atoms with Gasteiger partial charge < -0.3 is 10.6 Å². The predicted octanol–water partition coefficient (Wildman–Crippen LogP) is 3.81. The first-order valence-corrected chi connectivity index (χ1v) is 9.34. The van der Waals surface area contributed by atoms with E-state index in [9.17, 15) is 9.59 Å². The van der Waals surface area contributed by atoms with Gasteiger partial charge in [0.05, 0.1) is 5.92 Å². The zero-order valence-corrected chi connectivity index (χ0v) is 15.2. The van der Waals surface area contributed by atoms with E-state index in [-0.39, 0.29) is 17.7 Å². The third-order valence-corrected chi connectivity index (χ3v) is 5.60. The second kappa shape index (κ2) is 7.85. The van der Waals surface area contributed by atoms with Crippen LogP contribution in [-0.4, -0.2) is 29.8 Å². The molecule has 1 aromatic carbocycles. The molecular formula is C19H19ClN2O2S. The molecule has 1 saturated heterocycles. The van der Waals surface area contributed by atoms with Crippen molar-refractivity contribution in [3.05, 3.63) is 52.4 Å². The van der Waals surface area contributed by atoms with E-state index >= 15 is 0 Å². The zero-order valence-electron chi connectivity index (χ0n) is 13.7. The van der Waals surface area contributed by atoms with Gasteiger partial charge in [0, 0.05) is 33.9 Å². The van der Waals surface area contributed by atoms with Crippen molar-refractivity contribution in [3.8, 4) is 10.4 Å². The number of nitrogens with two attached hydrogens (primary N) is 1. The molecule has 1 fully saturated rings. The van der Waals surface area contributed by atoms with Gasteiger partial charge in [0.25, 0.3) is 0 Å². The van der Waals surface area contributed by atoms with Crippen molar-refractivity contribution in [2.45, 2.75) is 12.8 Å². The molecule has 1 aromatic heterocycles. The number of rotatable bonds is 4. The van der Waals surface area contributed by atoms with Crippen LogP contribution in [0.2, 0.25) is 5.02 Å². The summed E-state index contributed by atoms with van der Waals surface area (Å²) in [7, 11) is 0. The molecule has 1 unspecified atom stereocenters. The lowest BCUT2D eigenvalue weighted by Gasteiger charge is -2.30. The van der Waals surface area contributed by atoms with E-state index in [1.807, 2.05) is 42.5 Å². The van der Waals surface area contributed by atoms with Crippen molar-refractivity contribution in [1.29, 1.82) is 0 Å². The second-order valence-electron chi connectivity index (χ2n) is 6.07. The monoisotopic (exact) mass is 374 g/mol. The minimum atomic E-state index is -0.328. The molecule has 0 aliphatic carbocycles. The Morgan fingerprint density at radius 2 is 2.12 bits per heavy atom. The standard InChI is InChI=1S/C19H19ClN2O2S/c20-15-5-1-3-13(11-15)17-8-6-16(25-17)7-9-18(23)22-10-2-4-14(12-22)19(21)24/h1,3,5-9,11,14H,2,4,10,12H2,(H2,21,24). The predicted molar refractivity (Wildman–Crippen MR) is 102 cm³/mol. The van der Waals surface area contributed by atoms with Crippen LogP contribution in [0.15, 0.2) is 42.5 Å². The van der Waals surface area contributed by atoms with Crippen LogP contribution in [0.5, 0.6) is 0 Å². The van der Waals surface area contributed by atoms with E-state index in [1.165, 1.54) is 0 Å². The fraction of sp³-hybridized carbons (Fsp3) is 0.263. The van der Waals surface area contributed by atoms with E-state index in [2.05, 4.69) is 0 Å². The molecular weight excluding hydrogens is 356 g/mol. The van der Waals surface area contributed by atoms with E-state index in [1.54, 1.807) is 22.3 Å². The van der Waals surface area contributed by atoms with Crippen molar-refractivity contribution in [2.24, 2.45) is 11.7 Å². The van der Waals surface area contributed by atoms with Crippen molar-refractivity contribution in [3.63, 3.8) is 0 Å². The molecule has 1 aliphatic heterocycles. The van der Waals surface area contributed by atoms with Crippen LogP contribution in [-0.2, 0) is 9.59 Å². The number of piperidine rings is 1. The molecule has 130 valence electrons. The number of nitrogens with zero attached hydrogens (tertiary/aromatic N) is 1. The molecule has 1 aliphatic rings. The quantitative estimate of drug-likeness (QED) is 0.827. The summed E-state index contributed by atoms with van der Waals surface area (Å²) in [6.45, 7) is 1.09. The SMILES string of the molecule is NC(=O)C1CCCN(C(=O)C=Cc2ccc(-c3cccc(Cl)c3)s2)C1. The minimum Gasteiger partial charge on any atom is -0.369 e. The first-order chi connectivity index (χ1) is 12.0. The summed E-state index contributed by atoms with van der Waals surface area (Å²) in [5, 5.41) is 0.701. The Morgan fingerprint density at radius 1 is 1.28 bits per heavy atom. The second-order valence-corrected chi connectivity index (χ2v) is 7.62. The summed E-state index contributed by atoms with van der Waals surface area (Å²) in [6, 6.07) is 11.7. The highest BCUT2D eigenvalue weighted by molar-refractivity contribution is 7.16. The maximum absolute atomic E-state index is 12.3. The molecule has 2 N–H and O–H groups in total. The van der Waals surface area contributed by atoms with Crippen LogP contribution < -0.4 is 5.73 Å². The van der Waals surface area contributed by atoms with Crippen LogP contribution >= 0.6 is 22.9 Å². The van der Waals surface area contributed by atoms with Gasteiger partial charge in [-0.05, 0) is 48.7 Å². The topological polar surface area (TPSA) is 63.4 Å². The van der Waals surface area contributed by atoms with Crippen molar-refractivity contribution in [1.82, 2.24) is 4.90 Å². The number of thiophene rings is 1. The Bertz CT molecular complexity index is 815. The van der Waals surface area contributed by atoms with Gasteiger partial charge in [-0.1, -0.05) is 23.7 Å². The molecule has 0 spiro atoms. The Morgan fingerprint density at radius 3 is 2.88 bits per heavy atom. The highest BCUT2D eigenvalue weighted by atomic mass is 35.5. The molecule has 3 rings (SSSR count). The van der Waals surface area contributed by atoms with Crippen LogP contribution in [0.25, 0.3) is 16.5 Å². The summed E-state index contributed by atoms with van der Waals surface area (Å²) in [5.74, 6) is -0.642. The van der Waals surface area contributed by atoms with Gasteiger partial charge >= 0.3 is 0 Å². The first kappa shape index (κ1) is 17.7. The fourth-order valence-corrected chi connectivity index (χ4v) is 4.00. The maximum Gasteiger partial charge on any atom is 0.246 e. The van der Waals surface area contributed by atoms with Crippen LogP contribution in [0.3, 0.4) is 0 Å². The molecule has 6 heteroatoms. The van der Waals surface area contributed by atoms with Gasteiger partial charge in [0.15, 0.2) is 0 Å². The van der Waals surface area contributed by atoms with Gasteiger partial charge in [-0.2, -0.15) is 0 Å². The number of carbonyl (C=O) groups excluding carboxylic acids is 2. The molecule has 2 amide bonds. The summed E-state index contributed by atoms with van der Waals surface area (Å²) >= 11 is 7.63. The Hall–Kier alpha value is -2.11. The van der Waals surface area contributed by atoms with Gasteiger partial charge in [-0.25, -0.2) is 0 Å². The third kappa shape index (κ3) is 4.50. The smallest absolute Gasteiger partial charge is 0.246 e. The number of primary amides is 1. The number of halogens is 1. The summed E-state index contributed by atoms with van der Waals surface area (Å²) in [4.78, 5) is 27.4. The number of benzene rings is 1. The average molecular weight is 375 g/mol. The summed E-state index contributed by atoms with van der Waals surface area (Å²) < 4.78 is 0. The molecule has 0 saturated carbocycles. The van der Waals surface area contributed by atoms with Gasteiger partial charge in [0.1, 0.15) is 0 Å². The average Bonchev–Trinajstić information content (AvgIpc) is 3.09. The normalized spacial score (nSPS) is 17.8. The fourth-order valence-electron chi connectivity index (χ4n) is 2.91. The van der Waals surface area contributed by atoms with E-state index in [0.29, 0.717) is 18.1 Å². The summed E-state index contributed by atoms with van der Waals surface area (Å²) in [5.41, 5.74) is 6.42.